The molecule has 0 aliphatic heterocycles. The smallest absolute Gasteiger partial charge is 0.355 e. The molecule has 0 saturated carbocycles. The molecule has 1 aromatic heterocycles. The minimum atomic E-state index is -0.553. The van der Waals surface area contributed by atoms with Gasteiger partial charge < -0.3 is 15.0 Å². The number of amides is 1. The van der Waals surface area contributed by atoms with Crippen LogP contribution in [0.1, 0.15) is 29.4 Å². The molecule has 1 atom stereocenters. The molecule has 0 bridgehead atoms. The van der Waals surface area contributed by atoms with Crippen LogP contribution < -0.4 is 5.32 Å². The zero-order chi connectivity index (χ0) is 16.7. The second-order valence-corrected chi connectivity index (χ2v) is 6.22. The van der Waals surface area contributed by atoms with Gasteiger partial charge in [0.25, 0.3) is 5.91 Å². The van der Waals surface area contributed by atoms with E-state index < -0.39 is 5.97 Å². The van der Waals surface area contributed by atoms with E-state index in [0.717, 1.165) is 17.3 Å². The van der Waals surface area contributed by atoms with Crippen molar-refractivity contribution in [1.82, 2.24) is 10.3 Å². The number of hydrogen-bond donors (Lipinski definition) is 2. The molecule has 122 valence electrons. The molecule has 0 radical (unpaired) electrons. The summed E-state index contributed by atoms with van der Waals surface area (Å²) in [6, 6.07) is 11.7. The summed E-state index contributed by atoms with van der Waals surface area (Å²) in [4.78, 5) is 26.3. The molecule has 1 unspecified atom stereocenters. The predicted octanol–water partition coefficient (Wildman–Crippen LogP) is 3.07. The number of aromatic nitrogens is 1. The average molecular weight is 379 g/mol. The minimum Gasteiger partial charge on any atom is -0.451 e. The van der Waals surface area contributed by atoms with Crippen molar-refractivity contribution in [2.45, 2.75) is 25.8 Å². The highest BCUT2D eigenvalue weighted by atomic mass is 79.9. The summed E-state index contributed by atoms with van der Waals surface area (Å²) in [5.41, 5.74) is 1.54. The first-order valence-electron chi connectivity index (χ1n) is 7.39. The Labute approximate surface area is 143 Å². The number of esters is 1. The standard InChI is InChI=1S/C17H19BrN2O3/c1-12(7-8-13-5-3-2-4-6-13)20-16(21)11-23-17(22)15-9-14(18)10-19-15/h2-6,9-10,12,19H,7-8,11H2,1H3,(H,20,21). The van der Waals surface area contributed by atoms with Gasteiger partial charge in [-0.25, -0.2) is 4.79 Å². The number of H-pyrrole nitrogens is 1. The Hall–Kier alpha value is -2.08. The lowest BCUT2D eigenvalue weighted by Gasteiger charge is -2.13. The molecular formula is C17H19BrN2O3. The molecular weight excluding hydrogens is 360 g/mol. The summed E-state index contributed by atoms with van der Waals surface area (Å²) in [6.45, 7) is 1.65. The van der Waals surface area contributed by atoms with Gasteiger partial charge in [0.15, 0.2) is 6.61 Å². The van der Waals surface area contributed by atoms with Crippen molar-refractivity contribution < 1.29 is 14.3 Å². The zero-order valence-electron chi connectivity index (χ0n) is 12.8. The maximum atomic E-state index is 11.8. The van der Waals surface area contributed by atoms with Gasteiger partial charge >= 0.3 is 5.97 Å². The monoisotopic (exact) mass is 378 g/mol. The van der Waals surface area contributed by atoms with Crippen LogP contribution in [-0.2, 0) is 16.0 Å². The van der Waals surface area contributed by atoms with Crippen LogP contribution in [0.15, 0.2) is 47.1 Å². The zero-order valence-corrected chi connectivity index (χ0v) is 14.4. The molecule has 2 aromatic rings. The molecule has 2 N–H and O–H groups in total. The maximum Gasteiger partial charge on any atom is 0.355 e. The number of carbonyl (C=O) groups excluding carboxylic acids is 2. The van der Waals surface area contributed by atoms with Crippen LogP contribution >= 0.6 is 15.9 Å². The summed E-state index contributed by atoms with van der Waals surface area (Å²) < 4.78 is 5.72. The third-order valence-corrected chi connectivity index (χ3v) is 3.78. The highest BCUT2D eigenvalue weighted by molar-refractivity contribution is 9.10. The normalized spacial score (nSPS) is 11.7. The first-order valence-corrected chi connectivity index (χ1v) is 8.18. The van der Waals surface area contributed by atoms with Gasteiger partial charge in [-0.05, 0) is 47.3 Å². The predicted molar refractivity (Wildman–Crippen MR) is 91.1 cm³/mol. The summed E-state index contributed by atoms with van der Waals surface area (Å²) in [6.07, 6.45) is 3.34. The molecule has 1 aromatic carbocycles. The van der Waals surface area contributed by atoms with Crippen molar-refractivity contribution in [2.24, 2.45) is 0 Å². The van der Waals surface area contributed by atoms with Gasteiger partial charge in [0, 0.05) is 16.7 Å². The van der Waals surface area contributed by atoms with E-state index in [4.69, 9.17) is 4.74 Å². The van der Waals surface area contributed by atoms with Crippen molar-refractivity contribution in [3.8, 4) is 0 Å². The van der Waals surface area contributed by atoms with Gasteiger partial charge in [-0.3, -0.25) is 4.79 Å². The number of ether oxygens (including phenoxy) is 1. The summed E-state index contributed by atoms with van der Waals surface area (Å²) in [5, 5.41) is 2.83. The lowest BCUT2D eigenvalue weighted by molar-refractivity contribution is -0.124. The summed E-state index contributed by atoms with van der Waals surface area (Å²) >= 11 is 3.23. The SMILES string of the molecule is CC(CCc1ccccc1)NC(=O)COC(=O)c1cc(Br)c[nH]1. The Balaban J connectivity index is 1.68. The fourth-order valence-corrected chi connectivity index (χ4v) is 2.45. The number of carbonyl (C=O) groups is 2. The van der Waals surface area contributed by atoms with Crippen LogP contribution in [0.25, 0.3) is 0 Å². The van der Waals surface area contributed by atoms with Crippen LogP contribution in [0.3, 0.4) is 0 Å². The van der Waals surface area contributed by atoms with Gasteiger partial charge in [-0.1, -0.05) is 30.3 Å². The van der Waals surface area contributed by atoms with E-state index in [0.29, 0.717) is 5.69 Å². The topological polar surface area (TPSA) is 71.2 Å². The van der Waals surface area contributed by atoms with E-state index in [1.165, 1.54) is 5.56 Å². The van der Waals surface area contributed by atoms with Crippen molar-refractivity contribution in [1.29, 1.82) is 0 Å². The van der Waals surface area contributed by atoms with Gasteiger partial charge in [0.05, 0.1) is 0 Å². The lowest BCUT2D eigenvalue weighted by Crippen LogP contribution is -2.36. The van der Waals surface area contributed by atoms with Crippen molar-refractivity contribution in [2.75, 3.05) is 6.61 Å². The van der Waals surface area contributed by atoms with Crippen molar-refractivity contribution in [3.05, 3.63) is 58.3 Å². The number of benzene rings is 1. The number of nitrogens with one attached hydrogen (secondary N) is 2. The van der Waals surface area contributed by atoms with E-state index in [2.05, 4.69) is 38.4 Å². The minimum absolute atomic E-state index is 0.0149. The number of hydrogen-bond acceptors (Lipinski definition) is 3. The van der Waals surface area contributed by atoms with Crippen LogP contribution in [-0.4, -0.2) is 29.5 Å². The highest BCUT2D eigenvalue weighted by Crippen LogP contribution is 2.11. The molecule has 1 heterocycles. The van der Waals surface area contributed by atoms with Gasteiger partial charge in [-0.15, -0.1) is 0 Å². The second kappa shape index (κ2) is 8.53. The fraction of sp³-hybridized carbons (Fsp3) is 0.294. The lowest BCUT2D eigenvalue weighted by atomic mass is 10.1. The van der Waals surface area contributed by atoms with Crippen LogP contribution in [0, 0.1) is 0 Å². The van der Waals surface area contributed by atoms with Crippen molar-refractivity contribution in [3.63, 3.8) is 0 Å². The van der Waals surface area contributed by atoms with E-state index in [-0.39, 0.29) is 18.6 Å². The molecule has 0 aliphatic carbocycles. The molecule has 23 heavy (non-hydrogen) atoms. The van der Waals surface area contributed by atoms with E-state index in [1.807, 2.05) is 25.1 Å². The van der Waals surface area contributed by atoms with E-state index in [1.54, 1.807) is 12.3 Å². The number of rotatable bonds is 7. The van der Waals surface area contributed by atoms with Crippen LogP contribution in [0.5, 0.6) is 0 Å². The second-order valence-electron chi connectivity index (χ2n) is 5.30. The maximum absolute atomic E-state index is 11.8. The Morgan fingerprint density at radius 1 is 1.30 bits per heavy atom. The van der Waals surface area contributed by atoms with E-state index in [9.17, 15) is 9.59 Å². The van der Waals surface area contributed by atoms with Crippen molar-refractivity contribution >= 4 is 27.8 Å². The summed E-state index contributed by atoms with van der Waals surface area (Å²) in [5.74, 6) is -0.854. The molecule has 2 rings (SSSR count). The third-order valence-electron chi connectivity index (χ3n) is 3.32. The molecule has 5 nitrogen and oxygen atoms in total. The Morgan fingerprint density at radius 2 is 2.04 bits per heavy atom. The Bertz CT molecular complexity index is 655. The molecule has 1 amide bonds. The average Bonchev–Trinajstić information content (AvgIpc) is 2.98. The molecule has 6 heteroatoms. The first-order chi connectivity index (χ1) is 11.0. The molecule has 0 spiro atoms. The molecule has 0 saturated heterocycles. The van der Waals surface area contributed by atoms with Crippen LogP contribution in [0.4, 0.5) is 0 Å². The Morgan fingerprint density at radius 3 is 2.70 bits per heavy atom. The number of aryl methyl sites for hydroxylation is 1. The Kier molecular flexibility index (Phi) is 6.40. The summed E-state index contributed by atoms with van der Waals surface area (Å²) in [7, 11) is 0. The quantitative estimate of drug-likeness (QED) is 0.727. The third kappa shape index (κ3) is 5.90. The van der Waals surface area contributed by atoms with Gasteiger partial charge in [0.1, 0.15) is 5.69 Å². The first kappa shape index (κ1) is 17.3. The molecule has 0 aliphatic rings. The largest absolute Gasteiger partial charge is 0.451 e. The van der Waals surface area contributed by atoms with Crippen LogP contribution in [0.2, 0.25) is 0 Å². The fourth-order valence-electron chi connectivity index (χ4n) is 2.11. The van der Waals surface area contributed by atoms with E-state index >= 15 is 0 Å². The molecule has 0 fully saturated rings. The highest BCUT2D eigenvalue weighted by Gasteiger charge is 2.13. The van der Waals surface area contributed by atoms with Gasteiger partial charge in [-0.2, -0.15) is 0 Å². The number of aromatic amines is 1. The van der Waals surface area contributed by atoms with Gasteiger partial charge in [0.2, 0.25) is 0 Å². The number of halogens is 1.